The molecule has 0 aliphatic rings. The summed E-state index contributed by atoms with van der Waals surface area (Å²) in [5.74, 6) is -0.101. The van der Waals surface area contributed by atoms with E-state index in [9.17, 15) is 9.50 Å². The minimum atomic E-state index is -0.819. The third-order valence-corrected chi connectivity index (χ3v) is 2.09. The second-order valence-corrected chi connectivity index (χ2v) is 3.12. The number of aliphatic hydroxyl groups excluding tert-OH is 1. The Kier molecular flexibility index (Phi) is 3.43. The first-order valence-corrected chi connectivity index (χ1v) is 4.34. The molecule has 4 heteroatoms. The van der Waals surface area contributed by atoms with Gasteiger partial charge in [-0.05, 0) is 19.1 Å². The Morgan fingerprint density at radius 2 is 2.14 bits per heavy atom. The van der Waals surface area contributed by atoms with Crippen LogP contribution in [0, 0.1) is 5.82 Å². The molecule has 1 aromatic carbocycles. The molecular weight excluding hydrogens is 185 g/mol. The number of hydrogen-bond acceptors (Lipinski definition) is 3. The van der Waals surface area contributed by atoms with Gasteiger partial charge in [0.25, 0.3) is 0 Å². The first kappa shape index (κ1) is 10.9. The minimum Gasteiger partial charge on any atom is -0.496 e. The lowest BCUT2D eigenvalue weighted by molar-refractivity contribution is 0.160. The van der Waals surface area contributed by atoms with Crippen LogP contribution in [0.3, 0.4) is 0 Å². The average molecular weight is 199 g/mol. The maximum Gasteiger partial charge on any atom is 0.131 e. The van der Waals surface area contributed by atoms with Gasteiger partial charge in [0, 0.05) is 5.56 Å². The third-order valence-electron chi connectivity index (χ3n) is 2.09. The Bertz CT molecular complexity index is 315. The first-order chi connectivity index (χ1) is 6.57. The zero-order valence-electron chi connectivity index (χ0n) is 8.20. The molecule has 0 heterocycles. The molecule has 1 rings (SSSR count). The largest absolute Gasteiger partial charge is 0.496 e. The molecule has 0 radical (unpaired) electrons. The van der Waals surface area contributed by atoms with Gasteiger partial charge in [-0.2, -0.15) is 0 Å². The van der Waals surface area contributed by atoms with Crippen molar-refractivity contribution in [3.63, 3.8) is 0 Å². The maximum absolute atomic E-state index is 13.4. The van der Waals surface area contributed by atoms with Crippen molar-refractivity contribution in [3.05, 3.63) is 29.6 Å². The molecule has 0 saturated carbocycles. The van der Waals surface area contributed by atoms with Crippen LogP contribution in [0.4, 0.5) is 4.39 Å². The van der Waals surface area contributed by atoms with Crippen molar-refractivity contribution in [1.82, 2.24) is 0 Å². The van der Waals surface area contributed by atoms with Crippen LogP contribution in [-0.4, -0.2) is 18.3 Å². The lowest BCUT2D eigenvalue weighted by atomic mass is 10.0. The monoisotopic (exact) mass is 199 g/mol. The molecule has 1 unspecified atom stereocenters. The van der Waals surface area contributed by atoms with Crippen LogP contribution in [0.2, 0.25) is 0 Å². The number of benzene rings is 1. The fourth-order valence-electron chi connectivity index (χ4n) is 1.26. The standard InChI is InChI=1S/C10H14FNO2/c1-6(13)10(12)9-7(11)4-3-5-8(9)14-2/h3-6,10,13H,12H2,1-2H3/t6?,10-/m1/s1. The highest BCUT2D eigenvalue weighted by Crippen LogP contribution is 2.28. The van der Waals surface area contributed by atoms with Crippen LogP contribution in [0.5, 0.6) is 5.75 Å². The summed E-state index contributed by atoms with van der Waals surface area (Å²) in [6.07, 6.45) is -0.819. The van der Waals surface area contributed by atoms with Gasteiger partial charge < -0.3 is 15.6 Å². The highest BCUT2D eigenvalue weighted by molar-refractivity contribution is 5.37. The molecule has 2 atom stereocenters. The molecule has 0 fully saturated rings. The van der Waals surface area contributed by atoms with E-state index >= 15 is 0 Å². The minimum absolute atomic E-state index is 0.213. The van der Waals surface area contributed by atoms with Crippen molar-refractivity contribution in [2.24, 2.45) is 5.73 Å². The topological polar surface area (TPSA) is 55.5 Å². The SMILES string of the molecule is COc1cccc(F)c1[C@H](N)C(C)O. The van der Waals surface area contributed by atoms with Gasteiger partial charge in [0.15, 0.2) is 0 Å². The summed E-state index contributed by atoms with van der Waals surface area (Å²) in [4.78, 5) is 0. The van der Waals surface area contributed by atoms with E-state index < -0.39 is 18.0 Å². The van der Waals surface area contributed by atoms with Crippen molar-refractivity contribution >= 4 is 0 Å². The Labute approximate surface area is 82.3 Å². The number of aliphatic hydroxyl groups is 1. The summed E-state index contributed by atoms with van der Waals surface area (Å²) in [5, 5.41) is 9.27. The smallest absolute Gasteiger partial charge is 0.131 e. The number of rotatable bonds is 3. The summed E-state index contributed by atoms with van der Waals surface area (Å²) >= 11 is 0. The van der Waals surface area contributed by atoms with E-state index in [1.165, 1.54) is 26.2 Å². The summed E-state index contributed by atoms with van der Waals surface area (Å²) in [5.41, 5.74) is 5.86. The molecule has 0 aromatic heterocycles. The van der Waals surface area contributed by atoms with Crippen LogP contribution in [-0.2, 0) is 0 Å². The molecule has 78 valence electrons. The molecule has 0 spiro atoms. The van der Waals surface area contributed by atoms with E-state index in [2.05, 4.69) is 0 Å². The van der Waals surface area contributed by atoms with Gasteiger partial charge in [0.2, 0.25) is 0 Å². The second kappa shape index (κ2) is 4.39. The van der Waals surface area contributed by atoms with Gasteiger partial charge in [-0.25, -0.2) is 4.39 Å². The lowest BCUT2D eigenvalue weighted by Gasteiger charge is -2.18. The van der Waals surface area contributed by atoms with Crippen molar-refractivity contribution in [3.8, 4) is 5.75 Å². The Morgan fingerprint density at radius 3 is 2.64 bits per heavy atom. The van der Waals surface area contributed by atoms with Gasteiger partial charge in [-0.15, -0.1) is 0 Å². The second-order valence-electron chi connectivity index (χ2n) is 3.12. The van der Waals surface area contributed by atoms with Crippen LogP contribution >= 0.6 is 0 Å². The highest BCUT2D eigenvalue weighted by atomic mass is 19.1. The Balaban J connectivity index is 3.16. The quantitative estimate of drug-likeness (QED) is 0.769. The normalized spacial score (nSPS) is 14.9. The van der Waals surface area contributed by atoms with Crippen LogP contribution in [0.1, 0.15) is 18.5 Å². The van der Waals surface area contributed by atoms with Crippen molar-refractivity contribution in [2.45, 2.75) is 19.1 Å². The molecule has 0 saturated heterocycles. The van der Waals surface area contributed by atoms with Crippen LogP contribution < -0.4 is 10.5 Å². The molecule has 14 heavy (non-hydrogen) atoms. The van der Waals surface area contributed by atoms with Crippen LogP contribution in [0.25, 0.3) is 0 Å². The lowest BCUT2D eigenvalue weighted by Crippen LogP contribution is -2.24. The number of halogens is 1. The van der Waals surface area contributed by atoms with E-state index in [1.54, 1.807) is 6.07 Å². The summed E-state index contributed by atoms with van der Waals surface area (Å²) in [7, 11) is 1.44. The predicted molar refractivity (Wildman–Crippen MR) is 51.6 cm³/mol. The molecule has 3 nitrogen and oxygen atoms in total. The third kappa shape index (κ3) is 2.02. The predicted octanol–water partition coefficient (Wildman–Crippen LogP) is 1.21. The molecule has 1 aromatic rings. The first-order valence-electron chi connectivity index (χ1n) is 4.34. The average Bonchev–Trinajstić information content (AvgIpc) is 2.16. The molecule has 0 aliphatic heterocycles. The molecular formula is C10H14FNO2. The van der Waals surface area contributed by atoms with Gasteiger partial charge in [-0.1, -0.05) is 6.07 Å². The fourth-order valence-corrected chi connectivity index (χ4v) is 1.26. The van der Waals surface area contributed by atoms with Crippen molar-refractivity contribution < 1.29 is 14.2 Å². The highest BCUT2D eigenvalue weighted by Gasteiger charge is 2.20. The van der Waals surface area contributed by atoms with Crippen LogP contribution in [0.15, 0.2) is 18.2 Å². The number of nitrogens with two attached hydrogens (primary N) is 1. The zero-order chi connectivity index (χ0) is 10.7. The number of hydrogen-bond donors (Lipinski definition) is 2. The van der Waals surface area contributed by atoms with E-state index in [-0.39, 0.29) is 5.56 Å². The molecule has 0 amide bonds. The molecule has 3 N–H and O–H groups in total. The summed E-state index contributed by atoms with van der Waals surface area (Å²) in [6.45, 7) is 1.51. The fraction of sp³-hybridized carbons (Fsp3) is 0.400. The number of ether oxygens (including phenoxy) is 1. The van der Waals surface area contributed by atoms with E-state index in [0.29, 0.717) is 5.75 Å². The zero-order valence-corrected chi connectivity index (χ0v) is 8.20. The Morgan fingerprint density at radius 1 is 1.50 bits per heavy atom. The van der Waals surface area contributed by atoms with E-state index in [0.717, 1.165) is 0 Å². The number of methoxy groups -OCH3 is 1. The van der Waals surface area contributed by atoms with Crippen molar-refractivity contribution in [2.75, 3.05) is 7.11 Å². The van der Waals surface area contributed by atoms with Crippen molar-refractivity contribution in [1.29, 1.82) is 0 Å². The van der Waals surface area contributed by atoms with Gasteiger partial charge in [-0.3, -0.25) is 0 Å². The van der Waals surface area contributed by atoms with E-state index in [4.69, 9.17) is 10.5 Å². The summed E-state index contributed by atoms with van der Waals surface area (Å²) in [6, 6.07) is 3.67. The molecule has 0 bridgehead atoms. The van der Waals surface area contributed by atoms with E-state index in [1.807, 2.05) is 0 Å². The summed E-state index contributed by atoms with van der Waals surface area (Å²) < 4.78 is 18.3. The van der Waals surface area contributed by atoms with Gasteiger partial charge >= 0.3 is 0 Å². The van der Waals surface area contributed by atoms with Gasteiger partial charge in [0.1, 0.15) is 11.6 Å². The maximum atomic E-state index is 13.4. The Hall–Kier alpha value is -1.13. The van der Waals surface area contributed by atoms with Gasteiger partial charge in [0.05, 0.1) is 19.3 Å². The molecule has 0 aliphatic carbocycles.